The topological polar surface area (TPSA) is 30.0 Å². The first-order chi connectivity index (χ1) is 6.88. The molecule has 0 N–H and O–H groups in total. The van der Waals surface area contributed by atoms with Gasteiger partial charge in [-0.2, -0.15) is 11.8 Å². The van der Waals surface area contributed by atoms with Crippen molar-refractivity contribution >= 4 is 29.4 Å². The van der Waals surface area contributed by atoms with Crippen molar-refractivity contribution < 1.29 is 4.79 Å². The minimum atomic E-state index is 0.593. The van der Waals surface area contributed by atoms with Gasteiger partial charge in [0, 0.05) is 11.8 Å². The highest BCUT2D eigenvalue weighted by molar-refractivity contribution is 7.99. The van der Waals surface area contributed by atoms with Crippen LogP contribution in [-0.4, -0.2) is 22.8 Å². The smallest absolute Gasteiger partial charge is 0.169 e. The molecule has 0 saturated carbocycles. The van der Waals surface area contributed by atoms with E-state index < -0.39 is 0 Å². The molecule has 1 aromatic rings. The second-order valence-corrected chi connectivity index (χ2v) is 5.71. The summed E-state index contributed by atoms with van der Waals surface area (Å²) in [5.41, 5.74) is 0.593. The van der Waals surface area contributed by atoms with Crippen molar-refractivity contribution in [2.24, 2.45) is 5.92 Å². The van der Waals surface area contributed by atoms with Crippen molar-refractivity contribution in [1.82, 2.24) is 4.98 Å². The molecule has 0 radical (unpaired) electrons. The predicted octanol–water partition coefficient (Wildman–Crippen LogP) is 2.64. The lowest BCUT2D eigenvalue weighted by Gasteiger charge is -2.19. The lowest BCUT2D eigenvalue weighted by molar-refractivity contribution is 0.111. The van der Waals surface area contributed by atoms with E-state index >= 15 is 0 Å². The van der Waals surface area contributed by atoms with Crippen LogP contribution in [0.4, 0.5) is 0 Å². The molecule has 0 bridgehead atoms. The van der Waals surface area contributed by atoms with Crippen LogP contribution in [0.1, 0.15) is 28.3 Å². The summed E-state index contributed by atoms with van der Waals surface area (Å²) < 4.78 is 0. The average molecular weight is 227 g/mol. The second kappa shape index (κ2) is 4.94. The molecule has 4 heteroatoms. The number of thiazole rings is 1. The zero-order valence-corrected chi connectivity index (χ0v) is 9.57. The third-order valence-corrected chi connectivity index (χ3v) is 4.43. The number of rotatable bonds is 3. The molecule has 0 unspecified atom stereocenters. The predicted molar refractivity (Wildman–Crippen MR) is 61.3 cm³/mol. The summed E-state index contributed by atoms with van der Waals surface area (Å²) in [5.74, 6) is 3.37. The van der Waals surface area contributed by atoms with Crippen LogP contribution in [0.15, 0.2) is 5.38 Å². The Morgan fingerprint density at radius 3 is 2.93 bits per heavy atom. The zero-order valence-electron chi connectivity index (χ0n) is 7.94. The van der Waals surface area contributed by atoms with Gasteiger partial charge in [-0.3, -0.25) is 4.79 Å². The quantitative estimate of drug-likeness (QED) is 0.744. The number of carbonyl (C=O) groups excluding carboxylic acids is 1. The van der Waals surface area contributed by atoms with Crippen molar-refractivity contribution in [1.29, 1.82) is 0 Å². The number of hydrogen-bond acceptors (Lipinski definition) is 4. The van der Waals surface area contributed by atoms with E-state index in [4.69, 9.17) is 0 Å². The van der Waals surface area contributed by atoms with Gasteiger partial charge in [-0.15, -0.1) is 11.3 Å². The first kappa shape index (κ1) is 10.2. The van der Waals surface area contributed by atoms with Crippen LogP contribution in [0.2, 0.25) is 0 Å². The third kappa shape index (κ3) is 2.58. The molecule has 1 aromatic heterocycles. The number of carbonyl (C=O) groups is 1. The summed E-state index contributed by atoms with van der Waals surface area (Å²) in [7, 11) is 0. The SMILES string of the molecule is O=Cc1csc(CC2CCSCC2)n1. The Bertz CT molecular complexity index is 305. The highest BCUT2D eigenvalue weighted by atomic mass is 32.2. The molecule has 1 saturated heterocycles. The molecule has 14 heavy (non-hydrogen) atoms. The molecule has 0 atom stereocenters. The Kier molecular flexibility index (Phi) is 3.59. The lowest BCUT2D eigenvalue weighted by atomic mass is 9.99. The fourth-order valence-electron chi connectivity index (χ4n) is 1.67. The number of nitrogens with zero attached hydrogens (tertiary/aromatic N) is 1. The fraction of sp³-hybridized carbons (Fsp3) is 0.600. The van der Waals surface area contributed by atoms with E-state index in [9.17, 15) is 4.79 Å². The van der Waals surface area contributed by atoms with Crippen molar-refractivity contribution in [2.45, 2.75) is 19.3 Å². The largest absolute Gasteiger partial charge is 0.296 e. The van der Waals surface area contributed by atoms with Gasteiger partial charge in [-0.1, -0.05) is 0 Å². The Morgan fingerprint density at radius 1 is 1.50 bits per heavy atom. The highest BCUT2D eigenvalue weighted by Gasteiger charge is 2.15. The fourth-order valence-corrected chi connectivity index (χ4v) is 3.73. The van der Waals surface area contributed by atoms with Crippen LogP contribution in [0.25, 0.3) is 0 Å². The molecule has 0 spiro atoms. The maximum Gasteiger partial charge on any atom is 0.169 e. The zero-order chi connectivity index (χ0) is 9.80. The molecule has 2 nitrogen and oxygen atoms in total. The summed E-state index contributed by atoms with van der Waals surface area (Å²) in [6.07, 6.45) is 4.51. The van der Waals surface area contributed by atoms with Gasteiger partial charge in [0.25, 0.3) is 0 Å². The van der Waals surface area contributed by atoms with E-state index in [0.29, 0.717) is 5.69 Å². The van der Waals surface area contributed by atoms with Gasteiger partial charge in [0.15, 0.2) is 6.29 Å². The molecule has 2 rings (SSSR count). The van der Waals surface area contributed by atoms with E-state index in [1.54, 1.807) is 11.3 Å². The van der Waals surface area contributed by atoms with Gasteiger partial charge >= 0.3 is 0 Å². The Balaban J connectivity index is 1.92. The first-order valence-corrected chi connectivity index (χ1v) is 6.89. The van der Waals surface area contributed by atoms with Crippen molar-refractivity contribution in [3.05, 3.63) is 16.1 Å². The number of thioether (sulfide) groups is 1. The van der Waals surface area contributed by atoms with E-state index in [1.165, 1.54) is 24.3 Å². The summed E-state index contributed by atoms with van der Waals surface area (Å²) in [6, 6.07) is 0. The molecule has 0 amide bonds. The molecule has 76 valence electrons. The lowest BCUT2D eigenvalue weighted by Crippen LogP contribution is -2.12. The van der Waals surface area contributed by atoms with Gasteiger partial charge in [0.05, 0.1) is 5.01 Å². The molecule has 1 fully saturated rings. The monoisotopic (exact) mass is 227 g/mol. The van der Waals surface area contributed by atoms with Crippen molar-refractivity contribution in [3.8, 4) is 0 Å². The number of hydrogen-bond donors (Lipinski definition) is 0. The highest BCUT2D eigenvalue weighted by Crippen LogP contribution is 2.26. The van der Waals surface area contributed by atoms with Gasteiger partial charge in [0.1, 0.15) is 5.69 Å². The van der Waals surface area contributed by atoms with Crippen LogP contribution in [0.3, 0.4) is 0 Å². The molecule has 0 aliphatic carbocycles. The van der Waals surface area contributed by atoms with Crippen LogP contribution in [0.5, 0.6) is 0 Å². The average Bonchev–Trinajstić information content (AvgIpc) is 2.67. The maximum atomic E-state index is 10.5. The minimum Gasteiger partial charge on any atom is -0.296 e. The van der Waals surface area contributed by atoms with Crippen LogP contribution < -0.4 is 0 Å². The molecular weight excluding hydrogens is 214 g/mol. The molecule has 1 aliphatic heterocycles. The molecular formula is C10H13NOS2. The summed E-state index contributed by atoms with van der Waals surface area (Å²) in [6.45, 7) is 0. The Hall–Kier alpha value is -0.350. The molecule has 1 aliphatic rings. The molecule has 0 aromatic carbocycles. The van der Waals surface area contributed by atoms with Gasteiger partial charge in [0.2, 0.25) is 0 Å². The normalized spacial score (nSPS) is 18.3. The Morgan fingerprint density at radius 2 is 2.29 bits per heavy atom. The van der Waals surface area contributed by atoms with Crippen LogP contribution >= 0.6 is 23.1 Å². The summed E-state index contributed by atoms with van der Waals surface area (Å²) in [5, 5.41) is 2.98. The van der Waals surface area contributed by atoms with E-state index in [-0.39, 0.29) is 0 Å². The summed E-state index contributed by atoms with van der Waals surface area (Å²) >= 11 is 3.66. The van der Waals surface area contributed by atoms with Gasteiger partial charge in [-0.05, 0) is 30.3 Å². The van der Waals surface area contributed by atoms with Crippen molar-refractivity contribution in [2.75, 3.05) is 11.5 Å². The minimum absolute atomic E-state index is 0.593. The van der Waals surface area contributed by atoms with E-state index in [1.807, 2.05) is 17.1 Å². The van der Waals surface area contributed by atoms with E-state index in [2.05, 4.69) is 4.98 Å². The second-order valence-electron chi connectivity index (χ2n) is 3.54. The first-order valence-electron chi connectivity index (χ1n) is 4.86. The van der Waals surface area contributed by atoms with Gasteiger partial charge < -0.3 is 0 Å². The maximum absolute atomic E-state index is 10.5. The van der Waals surface area contributed by atoms with Crippen LogP contribution in [-0.2, 0) is 6.42 Å². The number of aromatic nitrogens is 1. The Labute approximate surface area is 92.1 Å². The van der Waals surface area contributed by atoms with Crippen LogP contribution in [0, 0.1) is 5.92 Å². The summed E-state index contributed by atoms with van der Waals surface area (Å²) in [4.78, 5) is 14.7. The van der Waals surface area contributed by atoms with Gasteiger partial charge in [-0.25, -0.2) is 4.98 Å². The number of aldehydes is 1. The van der Waals surface area contributed by atoms with E-state index in [0.717, 1.165) is 23.6 Å². The standard InChI is InChI=1S/C10H13NOS2/c12-6-9-7-14-10(11-9)5-8-1-3-13-4-2-8/h6-8H,1-5H2. The van der Waals surface area contributed by atoms with Crippen molar-refractivity contribution in [3.63, 3.8) is 0 Å². The third-order valence-electron chi connectivity index (χ3n) is 2.49. The molecule has 2 heterocycles.